The summed E-state index contributed by atoms with van der Waals surface area (Å²) in [4.78, 5) is 33.3. The minimum absolute atomic E-state index is 0.235. The fraction of sp³-hybridized carbons (Fsp3) is 0.143. The normalized spacial score (nSPS) is 10.4. The summed E-state index contributed by atoms with van der Waals surface area (Å²) in [6.45, 7) is 4.24. The van der Waals surface area contributed by atoms with Crippen LogP contribution in [0.3, 0.4) is 0 Å². The van der Waals surface area contributed by atoms with Crippen LogP contribution < -0.4 is 9.47 Å². The Balaban J connectivity index is 0.000000198. The fourth-order valence-electron chi connectivity index (χ4n) is 5.16. The van der Waals surface area contributed by atoms with Crippen LogP contribution in [0.2, 0.25) is 0 Å². The van der Waals surface area contributed by atoms with Crippen molar-refractivity contribution in [3.8, 4) is 33.8 Å². The van der Waals surface area contributed by atoms with Gasteiger partial charge in [0, 0.05) is 22.5 Å². The monoisotopic (exact) mass is 792 g/mol. The van der Waals surface area contributed by atoms with Gasteiger partial charge in [-0.25, -0.2) is 19.6 Å². The summed E-state index contributed by atoms with van der Waals surface area (Å²) in [7, 11) is 3.29. The van der Waals surface area contributed by atoms with E-state index in [1.807, 2.05) is 129 Å². The van der Waals surface area contributed by atoms with E-state index in [4.69, 9.17) is 18.9 Å². The lowest BCUT2D eigenvalue weighted by Gasteiger charge is -2.10. The van der Waals surface area contributed by atoms with Crippen LogP contribution in [-0.4, -0.2) is 36.1 Å². The largest absolute Gasteiger partial charge is 0.497 e. The van der Waals surface area contributed by atoms with E-state index in [1.165, 1.54) is 0 Å². The summed E-state index contributed by atoms with van der Waals surface area (Å²) in [6, 6.07) is 40.0. The molecule has 0 saturated heterocycles. The van der Waals surface area contributed by atoms with E-state index in [9.17, 15) is 9.59 Å². The number of benzene rings is 4. The molecule has 0 aliphatic carbocycles. The molecule has 0 aliphatic heterocycles. The van der Waals surface area contributed by atoms with Crippen LogP contribution in [0.1, 0.15) is 43.5 Å². The molecule has 6 aromatic rings. The molecule has 0 atom stereocenters. The Morgan fingerprint density at radius 2 is 1.04 bits per heavy atom. The maximum absolute atomic E-state index is 12.3. The smallest absolute Gasteiger partial charge is 0.357 e. The Hall–Kier alpha value is -5.55. The second-order valence-corrected chi connectivity index (χ2v) is 12.5. The van der Waals surface area contributed by atoms with Gasteiger partial charge in [0.05, 0.1) is 17.8 Å². The summed E-state index contributed by atoms with van der Waals surface area (Å²) < 4.78 is 22.2. The van der Waals surface area contributed by atoms with Gasteiger partial charge in [0.2, 0.25) is 0 Å². The van der Waals surface area contributed by atoms with Crippen LogP contribution in [0.5, 0.6) is 11.5 Å². The number of methoxy groups -OCH3 is 2. The van der Waals surface area contributed by atoms with E-state index in [0.29, 0.717) is 11.4 Å². The highest BCUT2D eigenvalue weighted by Crippen LogP contribution is 2.29. The zero-order chi connectivity index (χ0) is 36.2. The van der Waals surface area contributed by atoms with Crippen molar-refractivity contribution in [3.05, 3.63) is 165 Å². The Kier molecular flexibility index (Phi) is 12.9. The lowest BCUT2D eigenvalue weighted by Crippen LogP contribution is -2.08. The number of ether oxygens (including phenoxy) is 4. The van der Waals surface area contributed by atoms with Crippen molar-refractivity contribution in [2.24, 2.45) is 0 Å². The molecule has 8 nitrogen and oxygen atoms in total. The standard InChI is InChI=1S/C21H18INO3.C21H19NO3/c1-14-17(16-8-11-20(25-2)18(22)12-16)9-10-19(23-14)21(24)26-13-15-6-4-3-5-7-15;1-15-19(17-8-10-18(24-2)11-9-17)12-13-20(22-15)21(23)25-14-16-6-4-3-5-7-16/h3-12H,13H2,1-2H3;3-13H,14H2,1-2H3. The van der Waals surface area contributed by atoms with Gasteiger partial charge >= 0.3 is 11.9 Å². The van der Waals surface area contributed by atoms with Crippen LogP contribution in [0.4, 0.5) is 0 Å². The van der Waals surface area contributed by atoms with Gasteiger partial charge in [-0.05, 0) is 95.1 Å². The summed E-state index contributed by atoms with van der Waals surface area (Å²) >= 11 is 2.24. The molecule has 0 saturated carbocycles. The maximum atomic E-state index is 12.3. The van der Waals surface area contributed by atoms with Crippen LogP contribution in [0, 0.1) is 17.4 Å². The van der Waals surface area contributed by atoms with Gasteiger partial charge < -0.3 is 18.9 Å². The summed E-state index contributed by atoms with van der Waals surface area (Å²) in [5.74, 6) is 0.789. The van der Waals surface area contributed by atoms with Crippen molar-refractivity contribution in [1.82, 2.24) is 9.97 Å². The van der Waals surface area contributed by atoms with Gasteiger partial charge in [-0.2, -0.15) is 0 Å². The molecule has 0 fully saturated rings. The first kappa shape index (κ1) is 36.7. The molecule has 258 valence electrons. The Morgan fingerprint density at radius 1 is 0.569 bits per heavy atom. The average Bonchev–Trinajstić information content (AvgIpc) is 3.17. The SMILES string of the molecule is COc1ccc(-c2ccc(C(=O)OCc3ccccc3)nc2C)cc1.COc1ccc(-c2ccc(C(=O)OCc3ccccc3)nc2C)cc1I. The van der Waals surface area contributed by atoms with Crippen molar-refractivity contribution in [1.29, 1.82) is 0 Å². The van der Waals surface area contributed by atoms with Crippen molar-refractivity contribution in [2.45, 2.75) is 27.1 Å². The zero-order valence-electron chi connectivity index (χ0n) is 28.8. The van der Waals surface area contributed by atoms with E-state index in [-0.39, 0.29) is 13.2 Å². The van der Waals surface area contributed by atoms with Gasteiger partial charge in [0.25, 0.3) is 0 Å². The molecule has 0 amide bonds. The molecule has 51 heavy (non-hydrogen) atoms. The Bertz CT molecular complexity index is 2090. The molecule has 2 aromatic heterocycles. The number of esters is 2. The van der Waals surface area contributed by atoms with E-state index in [0.717, 1.165) is 59.8 Å². The molecule has 0 bridgehead atoms. The highest BCUT2D eigenvalue weighted by Gasteiger charge is 2.14. The summed E-state index contributed by atoms with van der Waals surface area (Å²) in [5, 5.41) is 0. The Morgan fingerprint density at radius 3 is 1.47 bits per heavy atom. The number of hydrogen-bond acceptors (Lipinski definition) is 8. The molecule has 0 radical (unpaired) electrons. The lowest BCUT2D eigenvalue weighted by atomic mass is 10.0. The predicted octanol–water partition coefficient (Wildman–Crippen LogP) is 9.45. The summed E-state index contributed by atoms with van der Waals surface area (Å²) in [6.07, 6.45) is 0. The third kappa shape index (κ3) is 10.0. The first-order chi connectivity index (χ1) is 24.7. The van der Waals surface area contributed by atoms with Gasteiger partial charge in [0.15, 0.2) is 0 Å². The van der Waals surface area contributed by atoms with Crippen molar-refractivity contribution >= 4 is 34.5 Å². The number of halogens is 1. The van der Waals surface area contributed by atoms with Gasteiger partial charge in [-0.1, -0.05) is 91.0 Å². The molecule has 6 rings (SSSR count). The number of aromatic nitrogens is 2. The van der Waals surface area contributed by atoms with E-state index in [2.05, 4.69) is 32.6 Å². The number of hydrogen-bond donors (Lipinski definition) is 0. The number of aryl methyl sites for hydroxylation is 2. The number of carbonyl (C=O) groups excluding carboxylic acids is 2. The second kappa shape index (κ2) is 17.9. The number of pyridine rings is 2. The maximum Gasteiger partial charge on any atom is 0.357 e. The molecule has 4 aromatic carbocycles. The zero-order valence-corrected chi connectivity index (χ0v) is 30.9. The van der Waals surface area contributed by atoms with Gasteiger partial charge in [0.1, 0.15) is 36.1 Å². The van der Waals surface area contributed by atoms with Crippen molar-refractivity contribution in [2.75, 3.05) is 14.2 Å². The molecule has 0 unspecified atom stereocenters. The van der Waals surface area contributed by atoms with E-state index >= 15 is 0 Å². The van der Waals surface area contributed by atoms with E-state index < -0.39 is 11.9 Å². The quantitative estimate of drug-likeness (QED) is 0.100. The minimum atomic E-state index is -0.423. The lowest BCUT2D eigenvalue weighted by molar-refractivity contribution is 0.0457. The number of rotatable bonds is 10. The molecule has 0 spiro atoms. The van der Waals surface area contributed by atoms with Gasteiger partial charge in [-0.3, -0.25) is 0 Å². The molecule has 9 heteroatoms. The predicted molar refractivity (Wildman–Crippen MR) is 206 cm³/mol. The minimum Gasteiger partial charge on any atom is -0.497 e. The summed E-state index contributed by atoms with van der Waals surface area (Å²) in [5.41, 5.74) is 8.08. The molecule has 0 N–H and O–H groups in total. The van der Waals surface area contributed by atoms with Gasteiger partial charge in [-0.15, -0.1) is 0 Å². The van der Waals surface area contributed by atoms with Crippen LogP contribution in [0.25, 0.3) is 22.3 Å². The Labute approximate surface area is 311 Å². The van der Waals surface area contributed by atoms with Crippen molar-refractivity contribution < 1.29 is 28.5 Å². The molecular formula is C42H37IN2O6. The molecule has 2 heterocycles. The number of nitrogens with zero attached hydrogens (tertiary/aromatic N) is 2. The van der Waals surface area contributed by atoms with Crippen LogP contribution in [0.15, 0.2) is 127 Å². The highest BCUT2D eigenvalue weighted by molar-refractivity contribution is 14.1. The van der Waals surface area contributed by atoms with Crippen LogP contribution >= 0.6 is 22.6 Å². The fourth-order valence-corrected chi connectivity index (χ4v) is 5.89. The van der Waals surface area contributed by atoms with E-state index in [1.54, 1.807) is 26.4 Å². The topological polar surface area (TPSA) is 96.8 Å². The highest BCUT2D eigenvalue weighted by atomic mass is 127. The first-order valence-electron chi connectivity index (χ1n) is 16.1. The van der Waals surface area contributed by atoms with Crippen molar-refractivity contribution in [3.63, 3.8) is 0 Å². The molecule has 0 aliphatic rings. The second-order valence-electron chi connectivity index (χ2n) is 11.4. The third-order valence-corrected chi connectivity index (χ3v) is 8.72. The number of carbonyl (C=O) groups is 2. The average molecular weight is 793 g/mol. The first-order valence-corrected chi connectivity index (χ1v) is 17.2. The van der Waals surface area contributed by atoms with Crippen LogP contribution in [-0.2, 0) is 22.7 Å². The molecular weight excluding hydrogens is 755 g/mol. The third-order valence-electron chi connectivity index (χ3n) is 7.88.